The Hall–Kier alpha value is -0.570. The van der Waals surface area contributed by atoms with Crippen LogP contribution in [0.2, 0.25) is 0 Å². The van der Waals surface area contributed by atoms with E-state index in [2.05, 4.69) is 32.6 Å². The topological polar surface area (TPSA) is 23.6 Å². The van der Waals surface area contributed by atoms with Crippen LogP contribution in [0.1, 0.15) is 66.2 Å². The number of nitrogens with zero attached hydrogens (tertiary/aromatic N) is 2. The predicted octanol–water partition coefficient (Wildman–Crippen LogP) is 3.78. The maximum Gasteiger partial charge on any atom is 0.209 e. The van der Waals surface area contributed by atoms with Crippen LogP contribution >= 0.6 is 0 Å². The number of carbonyl (C=O) groups is 1. The highest BCUT2D eigenvalue weighted by Crippen LogP contribution is 2.23. The van der Waals surface area contributed by atoms with Gasteiger partial charge < -0.3 is 9.80 Å². The van der Waals surface area contributed by atoms with Crippen molar-refractivity contribution < 1.29 is 4.79 Å². The fraction of sp³-hybridized carbons (Fsp3) is 0.944. The predicted molar refractivity (Wildman–Crippen MR) is 90.4 cm³/mol. The minimum Gasteiger partial charge on any atom is -0.345 e. The van der Waals surface area contributed by atoms with Gasteiger partial charge in [-0.15, -0.1) is 0 Å². The molecule has 0 bridgehead atoms. The molecule has 0 atom stereocenters. The molecule has 0 aromatic rings. The third-order valence-corrected chi connectivity index (χ3v) is 4.72. The average Bonchev–Trinajstić information content (AvgIpc) is 2.49. The van der Waals surface area contributed by atoms with Gasteiger partial charge in [0.25, 0.3) is 0 Å². The zero-order chi connectivity index (χ0) is 15.7. The number of hydrogen-bond donors (Lipinski definition) is 0. The maximum absolute atomic E-state index is 10.4. The van der Waals surface area contributed by atoms with E-state index in [1.54, 1.807) is 0 Å². The minimum absolute atomic E-state index is 0.769. The van der Waals surface area contributed by atoms with Gasteiger partial charge in [0.15, 0.2) is 0 Å². The van der Waals surface area contributed by atoms with Crippen LogP contribution in [0.4, 0.5) is 0 Å². The highest BCUT2D eigenvalue weighted by molar-refractivity contribution is 5.47. The molecular weight excluding hydrogens is 260 g/mol. The van der Waals surface area contributed by atoms with Gasteiger partial charge in [-0.3, -0.25) is 4.79 Å². The van der Waals surface area contributed by atoms with Gasteiger partial charge in [0, 0.05) is 19.1 Å². The van der Waals surface area contributed by atoms with E-state index in [4.69, 9.17) is 0 Å². The summed E-state index contributed by atoms with van der Waals surface area (Å²) < 4.78 is 0. The maximum atomic E-state index is 10.4. The Bertz CT molecular complexity index is 264. The molecule has 3 heteroatoms. The van der Waals surface area contributed by atoms with E-state index >= 15 is 0 Å². The molecule has 1 amide bonds. The Morgan fingerprint density at radius 2 is 1.52 bits per heavy atom. The first-order valence-corrected chi connectivity index (χ1v) is 8.96. The summed E-state index contributed by atoms with van der Waals surface area (Å²) >= 11 is 0. The smallest absolute Gasteiger partial charge is 0.209 e. The lowest BCUT2D eigenvalue weighted by molar-refractivity contribution is -0.119. The van der Waals surface area contributed by atoms with Gasteiger partial charge in [-0.25, -0.2) is 0 Å². The zero-order valence-corrected chi connectivity index (χ0v) is 14.7. The van der Waals surface area contributed by atoms with Crippen molar-refractivity contribution in [1.82, 2.24) is 9.80 Å². The molecular formula is C18H36N2O. The van der Waals surface area contributed by atoms with Crippen LogP contribution in [-0.2, 0) is 4.79 Å². The van der Waals surface area contributed by atoms with E-state index in [0.717, 1.165) is 37.4 Å². The van der Waals surface area contributed by atoms with E-state index in [-0.39, 0.29) is 0 Å². The van der Waals surface area contributed by atoms with Gasteiger partial charge >= 0.3 is 0 Å². The van der Waals surface area contributed by atoms with E-state index in [1.807, 2.05) is 4.90 Å². The van der Waals surface area contributed by atoms with E-state index in [1.165, 1.54) is 51.6 Å². The van der Waals surface area contributed by atoms with Crippen LogP contribution in [-0.4, -0.2) is 48.4 Å². The van der Waals surface area contributed by atoms with Gasteiger partial charge in [-0.2, -0.15) is 0 Å². The average molecular weight is 296 g/mol. The zero-order valence-electron chi connectivity index (χ0n) is 14.7. The minimum atomic E-state index is 0.769. The molecule has 0 aliphatic carbocycles. The van der Waals surface area contributed by atoms with Crippen molar-refractivity contribution >= 4 is 6.41 Å². The van der Waals surface area contributed by atoms with E-state index < -0.39 is 0 Å². The quantitative estimate of drug-likeness (QED) is 0.737. The summed E-state index contributed by atoms with van der Waals surface area (Å²) in [5, 5.41) is 0. The summed E-state index contributed by atoms with van der Waals surface area (Å²) in [6.07, 6.45) is 8.99. The van der Waals surface area contributed by atoms with Crippen LogP contribution in [0.25, 0.3) is 0 Å². The number of amides is 1. The van der Waals surface area contributed by atoms with Crippen LogP contribution < -0.4 is 0 Å². The summed E-state index contributed by atoms with van der Waals surface area (Å²) in [6.45, 7) is 13.7. The second-order valence-corrected chi connectivity index (χ2v) is 7.40. The molecule has 0 aromatic heterocycles. The monoisotopic (exact) mass is 296 g/mol. The van der Waals surface area contributed by atoms with Crippen molar-refractivity contribution in [3.05, 3.63) is 0 Å². The van der Waals surface area contributed by atoms with Gasteiger partial charge in [0.05, 0.1) is 0 Å². The Labute approximate surface area is 132 Å². The summed E-state index contributed by atoms with van der Waals surface area (Å²) in [7, 11) is 0. The lowest BCUT2D eigenvalue weighted by Crippen LogP contribution is -2.35. The first-order chi connectivity index (χ1) is 10.0. The largest absolute Gasteiger partial charge is 0.345 e. The van der Waals surface area contributed by atoms with Crippen LogP contribution in [0, 0.1) is 11.8 Å². The summed E-state index contributed by atoms with van der Waals surface area (Å²) in [5.41, 5.74) is 0. The first kappa shape index (κ1) is 18.5. The molecule has 2 rings (SSSR count). The number of rotatable bonds is 4. The number of piperidine rings is 2. The number of likely N-dealkylation sites (tertiary alicyclic amines) is 2. The molecule has 124 valence electrons. The molecule has 0 aromatic carbocycles. The van der Waals surface area contributed by atoms with Crippen molar-refractivity contribution in [1.29, 1.82) is 0 Å². The Kier molecular flexibility index (Phi) is 8.98. The van der Waals surface area contributed by atoms with Crippen molar-refractivity contribution in [2.45, 2.75) is 72.3 Å². The van der Waals surface area contributed by atoms with E-state index in [0.29, 0.717) is 0 Å². The lowest BCUT2D eigenvalue weighted by Gasteiger charge is -2.29. The molecule has 3 nitrogen and oxygen atoms in total. The molecule has 0 unspecified atom stereocenters. The second-order valence-electron chi connectivity index (χ2n) is 7.40. The number of hydrogen-bond acceptors (Lipinski definition) is 2. The van der Waals surface area contributed by atoms with Crippen LogP contribution in [0.5, 0.6) is 0 Å². The molecule has 21 heavy (non-hydrogen) atoms. The van der Waals surface area contributed by atoms with E-state index in [9.17, 15) is 4.79 Å². The molecule has 0 spiro atoms. The second kappa shape index (κ2) is 10.2. The Balaban J connectivity index is 0.000000219. The fourth-order valence-electron chi connectivity index (χ4n) is 3.40. The normalized spacial score (nSPS) is 21.3. The first-order valence-electron chi connectivity index (χ1n) is 8.96. The summed E-state index contributed by atoms with van der Waals surface area (Å²) in [6, 6.07) is 0.769. The van der Waals surface area contributed by atoms with Crippen LogP contribution in [0.15, 0.2) is 0 Å². The summed E-state index contributed by atoms with van der Waals surface area (Å²) in [5.74, 6) is 1.67. The molecule has 2 aliphatic heterocycles. The molecule has 0 radical (unpaired) electrons. The van der Waals surface area contributed by atoms with Gasteiger partial charge in [0.1, 0.15) is 0 Å². The van der Waals surface area contributed by atoms with Crippen molar-refractivity contribution in [3.8, 4) is 0 Å². The van der Waals surface area contributed by atoms with Crippen LogP contribution in [0.3, 0.4) is 0 Å². The molecule has 2 saturated heterocycles. The van der Waals surface area contributed by atoms with Crippen molar-refractivity contribution in [2.75, 3.05) is 26.2 Å². The Morgan fingerprint density at radius 1 is 0.952 bits per heavy atom. The lowest BCUT2D eigenvalue weighted by atomic mass is 9.89. The van der Waals surface area contributed by atoms with Crippen molar-refractivity contribution in [2.24, 2.45) is 11.8 Å². The SMILES string of the molecule is CC(C)CC1CCN(C=O)CC1.CC(C)N1CCCCC1. The third kappa shape index (κ3) is 7.85. The van der Waals surface area contributed by atoms with Crippen molar-refractivity contribution in [3.63, 3.8) is 0 Å². The third-order valence-electron chi connectivity index (χ3n) is 4.72. The van der Waals surface area contributed by atoms with Gasteiger partial charge in [0.2, 0.25) is 6.41 Å². The Morgan fingerprint density at radius 3 is 1.90 bits per heavy atom. The fourth-order valence-corrected chi connectivity index (χ4v) is 3.40. The molecule has 0 N–H and O–H groups in total. The standard InChI is InChI=1S/C10H19NO.C8H17N/c1-9(2)7-10-3-5-11(8-12)6-4-10;1-8(2)9-6-4-3-5-7-9/h8-10H,3-7H2,1-2H3;8H,3-7H2,1-2H3. The molecule has 0 saturated carbocycles. The number of carbonyl (C=O) groups excluding carboxylic acids is 1. The highest BCUT2D eigenvalue weighted by Gasteiger charge is 2.18. The summed E-state index contributed by atoms with van der Waals surface area (Å²) in [4.78, 5) is 14.9. The van der Waals surface area contributed by atoms with Gasteiger partial charge in [-0.1, -0.05) is 20.3 Å². The highest BCUT2D eigenvalue weighted by atomic mass is 16.1. The molecule has 2 fully saturated rings. The molecule has 2 aliphatic rings. The van der Waals surface area contributed by atoms with Gasteiger partial charge in [-0.05, 0) is 70.9 Å². The molecule has 2 heterocycles.